The number of aromatic amines is 1. The predicted molar refractivity (Wildman–Crippen MR) is 131 cm³/mol. The first-order valence-electron chi connectivity index (χ1n) is 11.1. The number of unbranched alkanes of at least 4 members (excludes halogenated alkanes) is 1. The Bertz CT molecular complexity index is 1270. The van der Waals surface area contributed by atoms with Gasteiger partial charge >= 0.3 is 5.69 Å². The molecule has 0 bridgehead atoms. The zero-order valence-corrected chi connectivity index (χ0v) is 19.2. The Kier molecular flexibility index (Phi) is 6.70. The topological polar surface area (TPSA) is 101 Å². The Morgan fingerprint density at radius 1 is 1.15 bits per heavy atom. The summed E-state index contributed by atoms with van der Waals surface area (Å²) in [7, 11) is 0. The lowest BCUT2D eigenvalue weighted by Gasteiger charge is -2.25. The molecule has 2 aromatic carbocycles. The van der Waals surface area contributed by atoms with Gasteiger partial charge in [-0.2, -0.15) is 0 Å². The lowest BCUT2D eigenvalue weighted by Crippen LogP contribution is -2.41. The number of carbonyl (C=O) groups is 1. The number of amides is 1. The van der Waals surface area contributed by atoms with Crippen molar-refractivity contribution < 1.29 is 4.79 Å². The van der Waals surface area contributed by atoms with E-state index in [4.69, 9.17) is 17.3 Å². The fraction of sp³-hybridized carbons (Fsp3) is 0.320. The van der Waals surface area contributed by atoms with Crippen LogP contribution in [0.3, 0.4) is 0 Å². The van der Waals surface area contributed by atoms with E-state index in [2.05, 4.69) is 4.98 Å². The van der Waals surface area contributed by atoms with Gasteiger partial charge in [-0.3, -0.25) is 24.0 Å². The largest absolute Gasteiger partial charge is 0.383 e. The Labute approximate surface area is 196 Å². The molecule has 3 aromatic rings. The minimum Gasteiger partial charge on any atom is -0.383 e. The highest BCUT2D eigenvalue weighted by atomic mass is 35.5. The number of hydrogen-bond acceptors (Lipinski definition) is 4. The third-order valence-corrected chi connectivity index (χ3v) is 6.43. The number of halogens is 1. The number of aromatic nitrogens is 2. The number of benzene rings is 2. The minimum atomic E-state index is -0.663. The zero-order chi connectivity index (χ0) is 23.5. The Morgan fingerprint density at radius 3 is 2.55 bits per heavy atom. The van der Waals surface area contributed by atoms with E-state index in [1.807, 2.05) is 61.5 Å². The van der Waals surface area contributed by atoms with Crippen molar-refractivity contribution in [1.29, 1.82) is 0 Å². The Hall–Kier alpha value is -3.32. The van der Waals surface area contributed by atoms with Crippen LogP contribution in [0.1, 0.15) is 43.2 Å². The van der Waals surface area contributed by atoms with E-state index >= 15 is 0 Å². The summed E-state index contributed by atoms with van der Waals surface area (Å²) in [6.07, 6.45) is 2.22. The monoisotopic (exact) mass is 466 g/mol. The number of carbonyl (C=O) groups excluding carboxylic acids is 1. The van der Waals surface area contributed by atoms with Crippen molar-refractivity contribution in [3.63, 3.8) is 0 Å². The highest BCUT2D eigenvalue weighted by Crippen LogP contribution is 2.51. The standard InChI is InChI=1S/C25H27ClN4O3/c1-2-3-13-29-22(27)21(23(31)28-25(29)33)30(15-16-9-5-4-6-10-16)24(32)19-14-18(19)17-11-7-8-12-20(17)26/h4-12,18-19H,2-3,13-15,27H2,1H3,(H,28,31,33). The summed E-state index contributed by atoms with van der Waals surface area (Å²) in [5.41, 5.74) is 6.90. The van der Waals surface area contributed by atoms with Crippen molar-refractivity contribution in [3.05, 3.63) is 91.6 Å². The molecule has 8 heteroatoms. The molecule has 33 heavy (non-hydrogen) atoms. The average molecular weight is 467 g/mol. The molecule has 0 radical (unpaired) electrons. The molecule has 0 aliphatic heterocycles. The van der Waals surface area contributed by atoms with E-state index in [1.165, 1.54) is 9.47 Å². The highest BCUT2D eigenvalue weighted by Gasteiger charge is 2.47. The molecule has 7 nitrogen and oxygen atoms in total. The van der Waals surface area contributed by atoms with Crippen LogP contribution < -0.4 is 21.9 Å². The molecule has 4 rings (SSSR count). The Balaban J connectivity index is 1.74. The first-order chi connectivity index (χ1) is 15.9. The van der Waals surface area contributed by atoms with Crippen LogP contribution in [0.15, 0.2) is 64.2 Å². The summed E-state index contributed by atoms with van der Waals surface area (Å²) in [4.78, 5) is 42.8. The second kappa shape index (κ2) is 9.67. The third-order valence-electron chi connectivity index (χ3n) is 6.08. The van der Waals surface area contributed by atoms with Gasteiger partial charge in [0.25, 0.3) is 5.56 Å². The van der Waals surface area contributed by atoms with Gasteiger partial charge in [-0.1, -0.05) is 73.5 Å². The van der Waals surface area contributed by atoms with Crippen LogP contribution in [0.5, 0.6) is 0 Å². The third kappa shape index (κ3) is 4.73. The zero-order valence-electron chi connectivity index (χ0n) is 18.5. The molecule has 172 valence electrons. The number of anilines is 2. The van der Waals surface area contributed by atoms with E-state index in [0.717, 1.165) is 24.0 Å². The van der Waals surface area contributed by atoms with Gasteiger partial charge in [0.2, 0.25) is 5.91 Å². The summed E-state index contributed by atoms with van der Waals surface area (Å²) < 4.78 is 1.34. The number of nitrogens with two attached hydrogens (primary N) is 1. The van der Waals surface area contributed by atoms with Crippen molar-refractivity contribution in [1.82, 2.24) is 9.55 Å². The summed E-state index contributed by atoms with van der Waals surface area (Å²) in [6, 6.07) is 16.9. The van der Waals surface area contributed by atoms with Crippen LogP contribution in [-0.4, -0.2) is 15.5 Å². The maximum atomic E-state index is 13.7. The smallest absolute Gasteiger partial charge is 0.330 e. The van der Waals surface area contributed by atoms with Crippen LogP contribution in [-0.2, 0) is 17.9 Å². The normalized spacial score (nSPS) is 17.0. The van der Waals surface area contributed by atoms with E-state index in [1.54, 1.807) is 0 Å². The average Bonchev–Trinajstić information content (AvgIpc) is 3.59. The van der Waals surface area contributed by atoms with Crippen molar-refractivity contribution in [2.45, 2.75) is 45.2 Å². The number of nitrogens with one attached hydrogen (secondary N) is 1. The fourth-order valence-electron chi connectivity index (χ4n) is 4.20. The first kappa shape index (κ1) is 22.9. The molecule has 1 fully saturated rings. The molecule has 1 aliphatic carbocycles. The molecule has 1 saturated carbocycles. The van der Waals surface area contributed by atoms with Crippen LogP contribution in [0.25, 0.3) is 0 Å². The molecule has 1 aliphatic rings. The number of nitrogen functional groups attached to an aromatic ring is 1. The SMILES string of the molecule is CCCCn1c(N)c(N(Cc2ccccc2)C(=O)C2CC2c2ccccc2Cl)c(=O)[nH]c1=O. The molecule has 0 saturated heterocycles. The lowest BCUT2D eigenvalue weighted by molar-refractivity contribution is -0.120. The van der Waals surface area contributed by atoms with Crippen LogP contribution in [0.2, 0.25) is 5.02 Å². The van der Waals surface area contributed by atoms with Crippen molar-refractivity contribution >= 4 is 29.0 Å². The summed E-state index contributed by atoms with van der Waals surface area (Å²) in [5, 5.41) is 0.623. The van der Waals surface area contributed by atoms with E-state index in [9.17, 15) is 14.4 Å². The summed E-state index contributed by atoms with van der Waals surface area (Å²) in [5.74, 6) is -0.530. The van der Waals surface area contributed by atoms with Gasteiger partial charge in [-0.15, -0.1) is 0 Å². The lowest BCUT2D eigenvalue weighted by atomic mass is 10.1. The first-order valence-corrected chi connectivity index (χ1v) is 11.5. The van der Waals surface area contributed by atoms with Crippen LogP contribution in [0.4, 0.5) is 11.5 Å². The van der Waals surface area contributed by atoms with Crippen molar-refractivity contribution in [3.8, 4) is 0 Å². The minimum absolute atomic E-state index is 0.0106. The molecule has 1 amide bonds. The van der Waals surface area contributed by atoms with Gasteiger partial charge in [0.1, 0.15) is 5.82 Å². The van der Waals surface area contributed by atoms with Gasteiger partial charge < -0.3 is 5.73 Å². The second-order valence-electron chi connectivity index (χ2n) is 8.38. The molecule has 0 spiro atoms. The maximum absolute atomic E-state index is 13.7. The molecule has 1 heterocycles. The maximum Gasteiger partial charge on any atom is 0.330 e. The van der Waals surface area contributed by atoms with E-state index in [-0.39, 0.29) is 35.8 Å². The molecular weight excluding hydrogens is 440 g/mol. The van der Waals surface area contributed by atoms with E-state index in [0.29, 0.717) is 18.0 Å². The van der Waals surface area contributed by atoms with Crippen molar-refractivity contribution in [2.75, 3.05) is 10.6 Å². The second-order valence-corrected chi connectivity index (χ2v) is 8.79. The number of hydrogen-bond donors (Lipinski definition) is 2. The molecule has 2 unspecified atom stereocenters. The van der Waals surface area contributed by atoms with Crippen LogP contribution >= 0.6 is 11.6 Å². The van der Waals surface area contributed by atoms with Gasteiger partial charge in [-0.25, -0.2) is 4.79 Å². The molecular formula is C25H27ClN4O3. The predicted octanol–water partition coefficient (Wildman–Crippen LogP) is 3.91. The fourth-order valence-corrected chi connectivity index (χ4v) is 4.47. The molecule has 2 atom stereocenters. The van der Waals surface area contributed by atoms with Gasteiger partial charge in [0, 0.05) is 17.5 Å². The number of rotatable bonds is 8. The van der Waals surface area contributed by atoms with Gasteiger partial charge in [0.05, 0.1) is 6.54 Å². The molecule has 1 aromatic heterocycles. The highest BCUT2D eigenvalue weighted by molar-refractivity contribution is 6.31. The van der Waals surface area contributed by atoms with Gasteiger partial charge in [0.15, 0.2) is 5.69 Å². The Morgan fingerprint density at radius 2 is 1.85 bits per heavy atom. The molecule has 3 N–H and O–H groups in total. The van der Waals surface area contributed by atoms with Gasteiger partial charge in [-0.05, 0) is 36.0 Å². The number of nitrogens with zero attached hydrogens (tertiary/aromatic N) is 2. The quantitative estimate of drug-likeness (QED) is 0.525. The number of H-pyrrole nitrogens is 1. The van der Waals surface area contributed by atoms with Crippen LogP contribution in [0, 0.1) is 5.92 Å². The summed E-state index contributed by atoms with van der Waals surface area (Å²) in [6.45, 7) is 2.54. The van der Waals surface area contributed by atoms with Crippen molar-refractivity contribution in [2.24, 2.45) is 5.92 Å². The van der Waals surface area contributed by atoms with E-state index < -0.39 is 11.2 Å². The summed E-state index contributed by atoms with van der Waals surface area (Å²) >= 11 is 6.35.